The quantitative estimate of drug-likeness (QED) is 0.0201. The highest BCUT2D eigenvalue weighted by Gasteiger charge is 2.26. The van der Waals surface area contributed by atoms with E-state index in [0.717, 1.165) is 0 Å². The lowest BCUT2D eigenvalue weighted by molar-refractivity contribution is -0.432. The Balaban J connectivity index is 1.34. The van der Waals surface area contributed by atoms with Crippen molar-refractivity contribution in [3.63, 3.8) is 0 Å². The summed E-state index contributed by atoms with van der Waals surface area (Å²) in [4.78, 5) is 11.6. The molecule has 0 saturated heterocycles. The second kappa shape index (κ2) is 15.3. The number of hydrogen-bond donors (Lipinski definition) is 8. The van der Waals surface area contributed by atoms with Crippen LogP contribution in [0.3, 0.4) is 0 Å². The van der Waals surface area contributed by atoms with Crippen molar-refractivity contribution in [2.24, 2.45) is 30.7 Å². The topological polar surface area (TPSA) is 277 Å². The number of nitrogens with zero attached hydrogens (tertiary/aromatic N) is 6. The third-order valence-corrected chi connectivity index (χ3v) is 9.22. The van der Waals surface area contributed by atoms with Crippen LogP contribution in [0.5, 0.6) is 11.5 Å². The van der Waals surface area contributed by atoms with Crippen LogP contribution < -0.4 is 5.73 Å². The lowest BCUT2D eigenvalue weighted by Gasteiger charge is -2.22. The zero-order valence-corrected chi connectivity index (χ0v) is 28.7. The highest BCUT2D eigenvalue weighted by molar-refractivity contribution is 8.19. The monoisotopic (exact) mass is 757 g/mol. The van der Waals surface area contributed by atoms with Crippen molar-refractivity contribution >= 4 is 90.2 Å². The van der Waals surface area contributed by atoms with Gasteiger partial charge in [0.05, 0.1) is 39.6 Å². The molecule has 0 aromatic heterocycles. The van der Waals surface area contributed by atoms with Gasteiger partial charge in [0.15, 0.2) is 5.75 Å². The number of aromatic hydroxyl groups is 2. The maximum Gasteiger partial charge on any atom is 0.337 e. The Labute approximate surface area is 304 Å². The molecule has 9 N–H and O–H groups in total. The van der Waals surface area contributed by atoms with E-state index in [1.54, 1.807) is 55.5 Å². The van der Waals surface area contributed by atoms with Crippen molar-refractivity contribution in [3.8, 4) is 11.5 Å². The van der Waals surface area contributed by atoms with Gasteiger partial charge in [0, 0.05) is 38.2 Å². The van der Waals surface area contributed by atoms with Crippen LogP contribution in [0.1, 0.15) is 15.9 Å². The number of nitrogens with two attached hydrogens (primary N) is 1. The molecule has 6 aromatic carbocycles. The van der Waals surface area contributed by atoms with Crippen LogP contribution in [0.2, 0.25) is 0 Å². The lowest BCUT2D eigenvalue weighted by Crippen LogP contribution is -1.98. The average molecular weight is 758 g/mol. The van der Waals surface area contributed by atoms with Crippen LogP contribution in [-0.4, -0.2) is 40.2 Å². The maximum absolute atomic E-state index is 11.6. The molecule has 0 aliphatic rings. The number of carbonyl (C=O) groups is 1. The zero-order valence-electron chi connectivity index (χ0n) is 27.1. The molecule has 0 aliphatic heterocycles. The van der Waals surface area contributed by atoms with Gasteiger partial charge in [-0.25, -0.2) is 10.1 Å². The van der Waals surface area contributed by atoms with Crippen LogP contribution in [-0.2, 0) is 9.37 Å². The molecule has 0 atom stereocenters. The highest BCUT2D eigenvalue weighted by atomic mass is 32.3. The van der Waals surface area contributed by atoms with Gasteiger partial charge in [0.2, 0.25) is 0 Å². The summed E-state index contributed by atoms with van der Waals surface area (Å²) in [6, 6.07) is 22.9. The van der Waals surface area contributed by atoms with Crippen molar-refractivity contribution in [2.45, 2.75) is 16.7 Å². The molecule has 0 amide bonds. The van der Waals surface area contributed by atoms with Crippen LogP contribution in [0, 0.1) is 6.92 Å². The minimum Gasteiger partial charge on any atom is -0.506 e. The minimum atomic E-state index is -4.39. The number of fused-ring (bicyclic) bond motifs is 2. The predicted octanol–water partition coefficient (Wildman–Crippen LogP) is 11.3. The van der Waals surface area contributed by atoms with E-state index in [-0.39, 0.29) is 44.8 Å². The zero-order chi connectivity index (χ0) is 37.9. The van der Waals surface area contributed by atoms with Gasteiger partial charge in [-0.05, 0) is 67.1 Å². The van der Waals surface area contributed by atoms with Crippen molar-refractivity contribution in [3.05, 3.63) is 102 Å². The fourth-order valence-corrected chi connectivity index (χ4v) is 6.27. The number of benzene rings is 6. The van der Waals surface area contributed by atoms with Crippen LogP contribution in [0.15, 0.2) is 131 Å². The number of phenolic OH excluding ortho intramolecular Hbond substituents is 2. The number of phenols is 2. The molecule has 0 saturated carbocycles. The first kappa shape index (κ1) is 36.8. The Morgan fingerprint density at radius 1 is 0.698 bits per heavy atom. The fourth-order valence-electron chi connectivity index (χ4n) is 5.20. The van der Waals surface area contributed by atoms with Gasteiger partial charge in [0.25, 0.3) is 0 Å². The number of rotatable bonds is 11. The van der Waals surface area contributed by atoms with Gasteiger partial charge >= 0.3 is 5.97 Å². The van der Waals surface area contributed by atoms with Gasteiger partial charge in [-0.3, -0.25) is 0 Å². The standard InChI is InChI=1S/C34H27N7O10S2/c1-17-13-29(40-41-32-31(53(47,48)49)15-22-20(33(32)43)6-4-7-24(22)35)30(42)16-28(17)39-37-26-11-12-27(23-14-18(52-51-50-46)9-10-19(23)26)38-36-25-8-3-2-5-21(25)34(44)45/h2-16,42-43,46-49H,35H2,1H3,(H,44,45). The van der Waals surface area contributed by atoms with Crippen LogP contribution in [0.4, 0.5) is 39.8 Å². The summed E-state index contributed by atoms with van der Waals surface area (Å²) in [6.07, 6.45) is 0. The molecule has 6 aromatic rings. The number of carboxylic acids is 1. The lowest BCUT2D eigenvalue weighted by atomic mass is 10.1. The molecule has 17 nitrogen and oxygen atoms in total. The van der Waals surface area contributed by atoms with E-state index in [4.69, 9.17) is 11.0 Å². The van der Waals surface area contributed by atoms with E-state index in [1.807, 2.05) is 0 Å². The summed E-state index contributed by atoms with van der Waals surface area (Å²) in [5.41, 5.74) is 7.25. The Bertz CT molecular complexity index is 2490. The highest BCUT2D eigenvalue weighted by Crippen LogP contribution is 2.55. The molecule has 0 unspecified atom stereocenters. The Morgan fingerprint density at radius 3 is 2.09 bits per heavy atom. The largest absolute Gasteiger partial charge is 0.506 e. The van der Waals surface area contributed by atoms with E-state index >= 15 is 0 Å². The molecular formula is C34H27N7O10S2. The molecule has 0 bridgehead atoms. The van der Waals surface area contributed by atoms with E-state index in [1.165, 1.54) is 42.5 Å². The van der Waals surface area contributed by atoms with Gasteiger partial charge in [-0.2, -0.15) is 5.11 Å². The number of hydrogen-bond acceptors (Lipinski definition) is 17. The number of nitrogen functional groups attached to an aromatic ring is 1. The minimum absolute atomic E-state index is 0.0347. The molecule has 270 valence electrons. The third kappa shape index (κ3) is 7.91. The average Bonchev–Trinajstić information content (AvgIpc) is 3.13. The smallest absolute Gasteiger partial charge is 0.337 e. The van der Waals surface area contributed by atoms with Crippen molar-refractivity contribution in [2.75, 3.05) is 5.73 Å². The summed E-state index contributed by atoms with van der Waals surface area (Å²) in [5, 5.41) is 70.2. The van der Waals surface area contributed by atoms with E-state index < -0.39 is 33.2 Å². The first-order valence-corrected chi connectivity index (χ1v) is 17.3. The summed E-state index contributed by atoms with van der Waals surface area (Å²) in [7, 11) is -4.39. The molecule has 0 heterocycles. The van der Waals surface area contributed by atoms with E-state index in [2.05, 4.69) is 40.1 Å². The summed E-state index contributed by atoms with van der Waals surface area (Å²) in [6.45, 7) is 1.67. The number of anilines is 1. The van der Waals surface area contributed by atoms with Gasteiger partial charge in [0.1, 0.15) is 33.7 Å². The van der Waals surface area contributed by atoms with Crippen LogP contribution >= 0.6 is 22.9 Å². The SMILES string of the molecule is Cc1cc(N=Nc2c(S(O)(O)O)cc3c(N)cccc3c2O)c(O)cc1N=Nc1ccc(N=Nc2ccccc2C(=O)O)c2cc(SOOO)ccc12. The van der Waals surface area contributed by atoms with Crippen molar-refractivity contribution < 1.29 is 48.4 Å². The summed E-state index contributed by atoms with van der Waals surface area (Å²) < 4.78 is 34.8. The second-order valence-electron chi connectivity index (χ2n) is 11.1. The molecule has 0 fully saturated rings. The van der Waals surface area contributed by atoms with E-state index in [0.29, 0.717) is 44.6 Å². The summed E-state index contributed by atoms with van der Waals surface area (Å²) in [5.74, 6) is -2.07. The fraction of sp³-hybridized carbons (Fsp3) is 0.0294. The Kier molecular flexibility index (Phi) is 10.6. The number of aryl methyl sites for hydroxylation is 1. The first-order chi connectivity index (χ1) is 25.3. The number of carboxylic acid groups (broad SMARTS) is 1. The molecule has 0 radical (unpaired) electrons. The first-order valence-electron chi connectivity index (χ1n) is 15.0. The number of aromatic carboxylic acids is 1. The molecule has 53 heavy (non-hydrogen) atoms. The van der Waals surface area contributed by atoms with Crippen molar-refractivity contribution in [1.82, 2.24) is 0 Å². The van der Waals surface area contributed by atoms with Gasteiger partial charge in [-0.15, -0.1) is 29.9 Å². The third-order valence-electron chi connectivity index (χ3n) is 7.74. The Morgan fingerprint density at radius 2 is 1.38 bits per heavy atom. The van der Waals surface area contributed by atoms with Gasteiger partial charge < -0.3 is 34.7 Å². The molecule has 0 spiro atoms. The normalized spacial score (nSPS) is 12.5. The molecule has 6 rings (SSSR count). The Hall–Kier alpha value is -6.03. The summed E-state index contributed by atoms with van der Waals surface area (Å²) >= 11 is 0.716. The predicted molar refractivity (Wildman–Crippen MR) is 197 cm³/mol. The van der Waals surface area contributed by atoms with E-state index in [9.17, 15) is 33.8 Å². The van der Waals surface area contributed by atoms with Crippen molar-refractivity contribution in [1.29, 1.82) is 0 Å². The number of azo groups is 3. The van der Waals surface area contributed by atoms with Crippen LogP contribution in [0.25, 0.3) is 21.5 Å². The molecule has 19 heteroatoms. The maximum atomic E-state index is 11.6. The molecule has 0 aliphatic carbocycles. The second-order valence-corrected chi connectivity index (χ2v) is 13.4. The molecular weight excluding hydrogens is 731 g/mol. The van der Waals surface area contributed by atoms with Gasteiger partial charge in [-0.1, -0.05) is 35.4 Å².